The number of alkyl halides is 2. The molecule has 0 unspecified atom stereocenters. The van der Waals surface area contributed by atoms with Crippen molar-refractivity contribution in [1.82, 2.24) is 24.7 Å². The molecule has 3 aromatic rings. The summed E-state index contributed by atoms with van der Waals surface area (Å²) in [7, 11) is 0. The van der Waals surface area contributed by atoms with Gasteiger partial charge in [0.2, 0.25) is 5.95 Å². The van der Waals surface area contributed by atoms with Gasteiger partial charge in [-0.25, -0.2) is 23.4 Å². The van der Waals surface area contributed by atoms with Crippen LogP contribution in [0.2, 0.25) is 0 Å². The molecule has 0 amide bonds. The molecule has 3 aliphatic rings. The molecule has 2 aliphatic heterocycles. The monoisotopic (exact) mass is 466 g/mol. The van der Waals surface area contributed by atoms with Gasteiger partial charge in [0.15, 0.2) is 5.82 Å². The normalized spacial score (nSPS) is 21.1. The van der Waals surface area contributed by atoms with E-state index in [1.54, 1.807) is 11.1 Å². The van der Waals surface area contributed by atoms with Crippen LogP contribution < -0.4 is 15.5 Å². The van der Waals surface area contributed by atoms with E-state index in [9.17, 15) is 8.78 Å². The van der Waals surface area contributed by atoms with Crippen LogP contribution >= 0.6 is 0 Å². The third-order valence-electron chi connectivity index (χ3n) is 7.55. The van der Waals surface area contributed by atoms with Crippen molar-refractivity contribution in [3.05, 3.63) is 36.9 Å². The van der Waals surface area contributed by atoms with Gasteiger partial charge in [0.1, 0.15) is 6.33 Å². The number of rotatable bonds is 4. The van der Waals surface area contributed by atoms with Gasteiger partial charge < -0.3 is 15.5 Å². The molecule has 1 aromatic carbocycles. The molecule has 10 heteroatoms. The van der Waals surface area contributed by atoms with E-state index in [2.05, 4.69) is 25.0 Å². The maximum Gasteiger partial charge on any atom is 0.251 e. The molecule has 0 bridgehead atoms. The lowest BCUT2D eigenvalue weighted by molar-refractivity contribution is -0.0222. The van der Waals surface area contributed by atoms with E-state index in [1.165, 1.54) is 32.0 Å². The molecule has 1 aliphatic carbocycles. The Labute approximate surface area is 196 Å². The van der Waals surface area contributed by atoms with Crippen LogP contribution in [-0.2, 0) is 0 Å². The summed E-state index contributed by atoms with van der Waals surface area (Å²) in [6.07, 6.45) is 9.83. The van der Waals surface area contributed by atoms with Crippen molar-refractivity contribution < 1.29 is 8.78 Å². The van der Waals surface area contributed by atoms with Crippen LogP contribution in [0.3, 0.4) is 0 Å². The molecule has 2 N–H and O–H groups in total. The maximum absolute atomic E-state index is 13.5. The summed E-state index contributed by atoms with van der Waals surface area (Å²) in [5, 5.41) is 4.59. The second-order valence-electron chi connectivity index (χ2n) is 9.86. The lowest BCUT2D eigenvalue weighted by Gasteiger charge is -2.35. The minimum Gasteiger partial charge on any atom is -0.399 e. The number of nitrogen functional groups attached to an aromatic ring is 1. The summed E-state index contributed by atoms with van der Waals surface area (Å²) < 4.78 is 28.9. The summed E-state index contributed by atoms with van der Waals surface area (Å²) in [5.41, 5.74) is 10.2. The molecule has 1 saturated carbocycles. The maximum atomic E-state index is 13.5. The van der Waals surface area contributed by atoms with Gasteiger partial charge in [-0.05, 0) is 49.3 Å². The molecule has 0 radical (unpaired) electrons. The Morgan fingerprint density at radius 2 is 1.59 bits per heavy atom. The first-order valence-electron chi connectivity index (χ1n) is 11.9. The third kappa shape index (κ3) is 4.05. The quantitative estimate of drug-likeness (QED) is 0.583. The van der Waals surface area contributed by atoms with Crippen LogP contribution in [0, 0.1) is 5.41 Å². The van der Waals surface area contributed by atoms with Crippen molar-refractivity contribution >= 4 is 17.3 Å². The lowest BCUT2D eigenvalue weighted by atomic mass is 9.93. The number of hydrogen-bond donors (Lipinski definition) is 1. The van der Waals surface area contributed by atoms with Gasteiger partial charge >= 0.3 is 0 Å². The van der Waals surface area contributed by atoms with Crippen LogP contribution in [0.5, 0.6) is 0 Å². The number of nitrogens with two attached hydrogens (primary N) is 1. The highest BCUT2D eigenvalue weighted by molar-refractivity contribution is 5.69. The van der Waals surface area contributed by atoms with E-state index < -0.39 is 5.92 Å². The zero-order chi connectivity index (χ0) is 23.3. The van der Waals surface area contributed by atoms with E-state index in [0.29, 0.717) is 17.2 Å². The predicted molar refractivity (Wildman–Crippen MR) is 126 cm³/mol. The standard InChI is InChI=1S/C24H28F2N8/c25-24(26)7-11-33(12-8-24)22-29-16-28-21(31-22)17-14-30-34(15-17)19-2-1-18(27)13-20(19)32-9-5-23(3-4-23)6-10-32/h1-2,13-16H,3-12,27H2. The Hall–Kier alpha value is -3.30. The second-order valence-corrected chi connectivity index (χ2v) is 9.86. The Kier molecular flexibility index (Phi) is 4.93. The lowest BCUT2D eigenvalue weighted by Crippen LogP contribution is -2.40. The number of halogens is 2. The van der Waals surface area contributed by atoms with E-state index in [1.807, 2.05) is 29.1 Å². The number of nitrogens with zero attached hydrogens (tertiary/aromatic N) is 7. The van der Waals surface area contributed by atoms with Crippen LogP contribution in [0.15, 0.2) is 36.9 Å². The number of benzene rings is 1. The van der Waals surface area contributed by atoms with Crippen LogP contribution in [0.25, 0.3) is 17.1 Å². The van der Waals surface area contributed by atoms with Crippen molar-refractivity contribution in [3.63, 3.8) is 0 Å². The second kappa shape index (κ2) is 7.89. The molecular weight excluding hydrogens is 438 g/mol. The summed E-state index contributed by atoms with van der Waals surface area (Å²) in [5.74, 6) is -1.72. The average molecular weight is 467 g/mol. The van der Waals surface area contributed by atoms with Crippen molar-refractivity contribution in [2.75, 3.05) is 41.7 Å². The summed E-state index contributed by atoms with van der Waals surface area (Å²) in [4.78, 5) is 17.3. The molecule has 8 nitrogen and oxygen atoms in total. The zero-order valence-electron chi connectivity index (χ0n) is 19.0. The SMILES string of the molecule is Nc1ccc(-n2cc(-c3ncnc(N4CCC(F)(F)CC4)n3)cn2)c(N2CCC3(CC2)CC3)c1. The Bertz CT molecular complexity index is 1190. The van der Waals surface area contributed by atoms with E-state index in [4.69, 9.17) is 5.73 Å². The highest BCUT2D eigenvalue weighted by Crippen LogP contribution is 2.54. The fraction of sp³-hybridized carbons (Fsp3) is 0.500. The first-order chi connectivity index (χ1) is 16.4. The average Bonchev–Trinajstić information content (AvgIpc) is 3.40. The first kappa shape index (κ1) is 21.2. The topological polar surface area (TPSA) is 89.0 Å². The summed E-state index contributed by atoms with van der Waals surface area (Å²) in [6.45, 7) is 2.50. The fourth-order valence-electron chi connectivity index (χ4n) is 5.07. The molecule has 34 heavy (non-hydrogen) atoms. The third-order valence-corrected chi connectivity index (χ3v) is 7.55. The number of anilines is 3. The largest absolute Gasteiger partial charge is 0.399 e. The smallest absolute Gasteiger partial charge is 0.251 e. The van der Waals surface area contributed by atoms with Crippen molar-refractivity contribution in [3.8, 4) is 17.1 Å². The van der Waals surface area contributed by atoms with Crippen LogP contribution in [0.4, 0.5) is 26.1 Å². The molecule has 4 heterocycles. The zero-order valence-corrected chi connectivity index (χ0v) is 19.0. The molecule has 2 aromatic heterocycles. The van der Waals surface area contributed by atoms with Gasteiger partial charge in [-0.15, -0.1) is 0 Å². The molecule has 3 fully saturated rings. The Morgan fingerprint density at radius 3 is 2.32 bits per heavy atom. The summed E-state index contributed by atoms with van der Waals surface area (Å²) >= 11 is 0. The molecule has 0 atom stereocenters. The van der Waals surface area contributed by atoms with E-state index >= 15 is 0 Å². The molecule has 178 valence electrons. The van der Waals surface area contributed by atoms with Gasteiger partial charge in [-0.1, -0.05) is 0 Å². The van der Waals surface area contributed by atoms with Crippen molar-refractivity contribution in [1.29, 1.82) is 0 Å². The highest BCUT2D eigenvalue weighted by Gasteiger charge is 2.44. The minimum atomic E-state index is -2.61. The first-order valence-corrected chi connectivity index (χ1v) is 11.9. The number of hydrogen-bond acceptors (Lipinski definition) is 7. The van der Waals surface area contributed by atoms with Gasteiger partial charge in [0, 0.05) is 50.9 Å². The van der Waals surface area contributed by atoms with E-state index in [0.717, 1.165) is 35.7 Å². The van der Waals surface area contributed by atoms with Crippen LogP contribution in [0.1, 0.15) is 38.5 Å². The predicted octanol–water partition coefficient (Wildman–Crippen LogP) is 3.92. The number of aromatic nitrogens is 5. The highest BCUT2D eigenvalue weighted by atomic mass is 19.3. The van der Waals surface area contributed by atoms with Crippen LogP contribution in [-0.4, -0.2) is 56.8 Å². The fourth-order valence-corrected chi connectivity index (χ4v) is 5.07. The van der Waals surface area contributed by atoms with E-state index in [-0.39, 0.29) is 25.9 Å². The van der Waals surface area contributed by atoms with Crippen molar-refractivity contribution in [2.45, 2.75) is 44.4 Å². The van der Waals surface area contributed by atoms with Gasteiger partial charge in [0.25, 0.3) is 5.92 Å². The molecule has 2 saturated heterocycles. The van der Waals surface area contributed by atoms with Gasteiger partial charge in [-0.3, -0.25) is 0 Å². The molecule has 1 spiro atoms. The number of piperidine rings is 2. The van der Waals surface area contributed by atoms with Crippen molar-refractivity contribution in [2.24, 2.45) is 5.41 Å². The molecule has 6 rings (SSSR count). The Balaban J connectivity index is 1.25. The summed E-state index contributed by atoms with van der Waals surface area (Å²) in [6, 6.07) is 5.91. The van der Waals surface area contributed by atoms with Gasteiger partial charge in [0.05, 0.1) is 23.1 Å². The van der Waals surface area contributed by atoms with Gasteiger partial charge in [-0.2, -0.15) is 10.1 Å². The minimum absolute atomic E-state index is 0.191. The molecular formula is C24H28F2N8. The Morgan fingerprint density at radius 1 is 0.853 bits per heavy atom.